The summed E-state index contributed by atoms with van der Waals surface area (Å²) >= 11 is 0. The lowest BCUT2D eigenvalue weighted by Gasteiger charge is -2.11. The van der Waals surface area contributed by atoms with Gasteiger partial charge in [0.1, 0.15) is 17.2 Å². The Morgan fingerprint density at radius 2 is 1.41 bits per heavy atom. The molecule has 3 aromatic carbocycles. The fourth-order valence-electron chi connectivity index (χ4n) is 4.06. The zero-order valence-electron chi connectivity index (χ0n) is 25.0. The van der Waals surface area contributed by atoms with Crippen molar-refractivity contribution in [2.24, 2.45) is 0 Å². The molecular weight excluding hydrogens is 564 g/mol. The summed E-state index contributed by atoms with van der Waals surface area (Å²) in [4.78, 5) is 47.3. The third-order valence-corrected chi connectivity index (χ3v) is 6.47. The van der Waals surface area contributed by atoms with E-state index in [1.54, 1.807) is 48.5 Å². The lowest BCUT2D eigenvalue weighted by Crippen LogP contribution is -2.14. The Morgan fingerprint density at radius 1 is 0.773 bits per heavy atom. The zero-order valence-corrected chi connectivity index (χ0v) is 25.0. The molecular formula is C35H36O9. The number of methoxy groups -OCH3 is 1. The van der Waals surface area contributed by atoms with E-state index in [2.05, 4.69) is 17.9 Å². The van der Waals surface area contributed by atoms with Crippen LogP contribution in [0.25, 0.3) is 11.1 Å². The van der Waals surface area contributed by atoms with Crippen LogP contribution in [0.1, 0.15) is 48.0 Å². The fourth-order valence-corrected chi connectivity index (χ4v) is 4.06. The van der Waals surface area contributed by atoms with Crippen LogP contribution in [0.5, 0.6) is 17.2 Å². The normalized spacial score (nSPS) is 10.3. The summed E-state index contributed by atoms with van der Waals surface area (Å²) in [6.45, 7) is 9.75. The van der Waals surface area contributed by atoms with Crippen LogP contribution in [0, 0.1) is 6.92 Å². The number of unbranched alkanes of at least 4 members (excludes halogenated alkanes) is 3. The van der Waals surface area contributed by atoms with Gasteiger partial charge < -0.3 is 23.7 Å². The quantitative estimate of drug-likeness (QED) is 0.0779. The molecule has 0 atom stereocenters. The van der Waals surface area contributed by atoms with E-state index >= 15 is 0 Å². The van der Waals surface area contributed by atoms with Gasteiger partial charge in [-0.15, -0.1) is 0 Å². The Morgan fingerprint density at radius 3 is 2.05 bits per heavy atom. The molecule has 0 heterocycles. The number of carbonyl (C=O) groups is 4. The van der Waals surface area contributed by atoms with E-state index in [4.69, 9.17) is 18.9 Å². The number of aryl methyl sites for hydroxylation is 1. The number of hydrogen-bond donors (Lipinski definition) is 0. The Bertz CT molecular complexity index is 1470. The van der Waals surface area contributed by atoms with Crippen molar-refractivity contribution in [1.29, 1.82) is 0 Å². The molecule has 230 valence electrons. The molecule has 0 unspecified atom stereocenters. The first-order valence-corrected chi connectivity index (χ1v) is 14.1. The van der Waals surface area contributed by atoms with Crippen LogP contribution in [0.15, 0.2) is 91.5 Å². The van der Waals surface area contributed by atoms with Crippen LogP contribution in [0.4, 0.5) is 0 Å². The number of esters is 4. The first-order chi connectivity index (χ1) is 21.2. The second kappa shape index (κ2) is 17.1. The Kier molecular flexibility index (Phi) is 12.9. The highest BCUT2D eigenvalue weighted by Gasteiger charge is 2.15. The van der Waals surface area contributed by atoms with Crippen LogP contribution in [0.2, 0.25) is 0 Å². The van der Waals surface area contributed by atoms with Crippen molar-refractivity contribution >= 4 is 23.9 Å². The van der Waals surface area contributed by atoms with Gasteiger partial charge in [0.05, 0.1) is 32.3 Å². The van der Waals surface area contributed by atoms with Crippen LogP contribution >= 0.6 is 0 Å². The van der Waals surface area contributed by atoms with Gasteiger partial charge in [0, 0.05) is 11.6 Å². The standard InChI is InChI=1S/C35H36O9/c1-5-32(36)42-21-9-7-6-8-20-41-28-14-16-29(17-15-28)43-35(39)27-12-10-26(11-13-27)31-19-18-30(22-24(31)2)44-34(38)25(3)23-33(37)40-4/h5,10-19,22H,1,3,6-9,20-21,23H2,2,4H3. The first-order valence-electron chi connectivity index (χ1n) is 14.1. The molecule has 0 aliphatic heterocycles. The number of carbonyl (C=O) groups excluding carboxylic acids is 4. The van der Waals surface area contributed by atoms with Crippen LogP contribution in [-0.4, -0.2) is 44.2 Å². The monoisotopic (exact) mass is 600 g/mol. The summed E-state index contributed by atoms with van der Waals surface area (Å²) in [5.74, 6) is -0.778. The molecule has 3 rings (SSSR count). The average Bonchev–Trinajstić information content (AvgIpc) is 3.02. The summed E-state index contributed by atoms with van der Waals surface area (Å²) in [6, 6.07) is 19.0. The van der Waals surface area contributed by atoms with Crippen molar-refractivity contribution in [2.75, 3.05) is 20.3 Å². The molecule has 0 aliphatic carbocycles. The molecule has 0 saturated carbocycles. The molecule has 0 fully saturated rings. The SMILES string of the molecule is C=CC(=O)OCCCCCCOc1ccc(OC(=O)c2ccc(-c3ccc(OC(=O)C(=C)CC(=O)OC)cc3C)cc2)cc1. The van der Waals surface area contributed by atoms with Crippen LogP contribution in [0.3, 0.4) is 0 Å². The maximum absolute atomic E-state index is 12.7. The number of rotatable bonds is 16. The Labute approximate surface area is 257 Å². The predicted molar refractivity (Wildman–Crippen MR) is 165 cm³/mol. The third-order valence-electron chi connectivity index (χ3n) is 6.47. The summed E-state index contributed by atoms with van der Waals surface area (Å²) in [7, 11) is 1.23. The minimum atomic E-state index is -0.707. The van der Waals surface area contributed by atoms with Crippen molar-refractivity contribution in [3.8, 4) is 28.4 Å². The largest absolute Gasteiger partial charge is 0.494 e. The van der Waals surface area contributed by atoms with Gasteiger partial charge in [-0.3, -0.25) is 4.79 Å². The van der Waals surface area contributed by atoms with E-state index < -0.39 is 23.9 Å². The molecule has 0 saturated heterocycles. The summed E-state index contributed by atoms with van der Waals surface area (Å²) in [5, 5.41) is 0. The molecule has 9 heteroatoms. The lowest BCUT2D eigenvalue weighted by atomic mass is 9.99. The molecule has 44 heavy (non-hydrogen) atoms. The number of hydrogen-bond acceptors (Lipinski definition) is 9. The van der Waals surface area contributed by atoms with Gasteiger partial charge >= 0.3 is 23.9 Å². The van der Waals surface area contributed by atoms with Crippen molar-refractivity contribution in [2.45, 2.75) is 39.0 Å². The highest BCUT2D eigenvalue weighted by molar-refractivity contribution is 5.94. The van der Waals surface area contributed by atoms with Gasteiger partial charge in [0.2, 0.25) is 0 Å². The lowest BCUT2D eigenvalue weighted by molar-refractivity contribution is -0.141. The predicted octanol–water partition coefficient (Wildman–Crippen LogP) is 6.57. The molecule has 0 aliphatic rings. The van der Waals surface area contributed by atoms with E-state index in [-0.39, 0.29) is 12.0 Å². The second-order valence-electron chi connectivity index (χ2n) is 9.80. The molecule has 0 bridgehead atoms. The minimum Gasteiger partial charge on any atom is -0.494 e. The summed E-state index contributed by atoms with van der Waals surface area (Å²) < 4.78 is 26.1. The van der Waals surface area contributed by atoms with Gasteiger partial charge in [-0.05, 0) is 97.8 Å². The van der Waals surface area contributed by atoms with Crippen molar-refractivity contribution in [1.82, 2.24) is 0 Å². The summed E-state index contributed by atoms with van der Waals surface area (Å²) in [5.41, 5.74) is 2.99. The average molecular weight is 601 g/mol. The van der Waals surface area contributed by atoms with Crippen LogP contribution in [-0.2, 0) is 23.9 Å². The maximum Gasteiger partial charge on any atom is 0.343 e. The van der Waals surface area contributed by atoms with Gasteiger partial charge in [0.25, 0.3) is 0 Å². The van der Waals surface area contributed by atoms with Gasteiger partial charge in [0.15, 0.2) is 0 Å². The maximum atomic E-state index is 12.7. The van der Waals surface area contributed by atoms with E-state index in [9.17, 15) is 19.2 Å². The van der Waals surface area contributed by atoms with Crippen molar-refractivity contribution < 1.29 is 42.9 Å². The van der Waals surface area contributed by atoms with E-state index in [1.165, 1.54) is 7.11 Å². The molecule has 0 spiro atoms. The van der Waals surface area contributed by atoms with Gasteiger partial charge in [-0.1, -0.05) is 31.4 Å². The van der Waals surface area contributed by atoms with E-state index in [1.807, 2.05) is 25.1 Å². The molecule has 3 aromatic rings. The molecule has 0 N–H and O–H groups in total. The van der Waals surface area contributed by atoms with E-state index in [0.29, 0.717) is 36.0 Å². The van der Waals surface area contributed by atoms with E-state index in [0.717, 1.165) is 48.4 Å². The molecule has 9 nitrogen and oxygen atoms in total. The highest BCUT2D eigenvalue weighted by Crippen LogP contribution is 2.28. The Hall–Kier alpha value is -5.18. The topological polar surface area (TPSA) is 114 Å². The highest BCUT2D eigenvalue weighted by atomic mass is 16.5. The Balaban J connectivity index is 1.46. The fraction of sp³-hybridized carbons (Fsp3) is 0.257. The molecule has 0 aromatic heterocycles. The smallest absolute Gasteiger partial charge is 0.343 e. The second-order valence-corrected chi connectivity index (χ2v) is 9.80. The number of ether oxygens (including phenoxy) is 5. The van der Waals surface area contributed by atoms with Crippen LogP contribution < -0.4 is 14.2 Å². The van der Waals surface area contributed by atoms with Gasteiger partial charge in [-0.2, -0.15) is 0 Å². The minimum absolute atomic E-state index is 0.00401. The first kappa shape index (κ1) is 33.3. The third kappa shape index (κ3) is 10.6. The molecule has 0 radical (unpaired) electrons. The number of benzene rings is 3. The van der Waals surface area contributed by atoms with Crippen molar-refractivity contribution in [3.63, 3.8) is 0 Å². The van der Waals surface area contributed by atoms with Gasteiger partial charge in [-0.25, -0.2) is 14.4 Å². The molecule has 0 amide bonds. The summed E-state index contributed by atoms with van der Waals surface area (Å²) in [6.07, 6.45) is 4.46. The van der Waals surface area contributed by atoms with Crippen molar-refractivity contribution in [3.05, 3.63) is 103 Å². The zero-order chi connectivity index (χ0) is 31.9.